The number of halogens is 3. The minimum atomic E-state index is -0.356. The van der Waals surface area contributed by atoms with Crippen molar-refractivity contribution in [3.8, 4) is 5.75 Å². The molecule has 0 fully saturated rings. The molecule has 0 spiro atoms. The third-order valence-corrected chi connectivity index (χ3v) is 4.30. The Morgan fingerprint density at radius 2 is 1.75 bits per heavy atom. The van der Waals surface area contributed by atoms with Crippen molar-refractivity contribution in [1.82, 2.24) is 0 Å². The van der Waals surface area contributed by atoms with Gasteiger partial charge in [0, 0.05) is 10.9 Å². The predicted molar refractivity (Wildman–Crippen MR) is 91.1 cm³/mol. The van der Waals surface area contributed by atoms with Gasteiger partial charge in [-0.2, -0.15) is 0 Å². The Kier molecular flexibility index (Phi) is 5.81. The van der Waals surface area contributed by atoms with E-state index in [1.807, 2.05) is 30.3 Å². The summed E-state index contributed by atoms with van der Waals surface area (Å²) in [7, 11) is 0. The van der Waals surface area contributed by atoms with E-state index in [4.69, 9.17) is 4.74 Å². The summed E-state index contributed by atoms with van der Waals surface area (Å²) in [5, 5.41) is 0.605. The smallest absolute Gasteiger partial charge is 0.343 e. The first-order valence-electron chi connectivity index (χ1n) is 5.86. The van der Waals surface area contributed by atoms with Crippen LogP contribution in [0.1, 0.15) is 25.2 Å². The van der Waals surface area contributed by atoms with Crippen LogP contribution in [0, 0.1) is 0 Å². The molecule has 0 amide bonds. The molecule has 0 atom stereocenters. The summed E-state index contributed by atoms with van der Waals surface area (Å²) < 4.78 is 5.51. The van der Waals surface area contributed by atoms with Gasteiger partial charge in [-0.1, -0.05) is 78.1 Å². The Hall–Kier alpha value is -0.650. The number of esters is 1. The Labute approximate surface area is 142 Å². The monoisotopic (exact) mass is 460 g/mol. The summed E-state index contributed by atoms with van der Waals surface area (Å²) in [6, 6.07) is 14.6. The zero-order valence-electron chi connectivity index (χ0n) is 10.4. The average Bonchev–Trinajstić information content (AvgIpc) is 2.47. The van der Waals surface area contributed by atoms with Gasteiger partial charge in [-0.3, -0.25) is 0 Å². The van der Waals surface area contributed by atoms with Crippen LogP contribution in [0.5, 0.6) is 5.75 Å². The molecule has 104 valence electrons. The Morgan fingerprint density at radius 1 is 1.05 bits per heavy atom. The second-order valence-electron chi connectivity index (χ2n) is 4.01. The third-order valence-electron chi connectivity index (χ3n) is 2.75. The summed E-state index contributed by atoms with van der Waals surface area (Å²) in [5.74, 6) is 0.211. The molecule has 0 aliphatic heterocycles. The van der Waals surface area contributed by atoms with Crippen molar-refractivity contribution in [2.75, 3.05) is 0 Å². The summed E-state index contributed by atoms with van der Waals surface area (Å²) in [6.07, 6.45) is 0. The highest BCUT2D eigenvalue weighted by Gasteiger charge is 2.16. The molecule has 2 aromatic carbocycles. The Morgan fingerprint density at radius 3 is 2.35 bits per heavy atom. The van der Waals surface area contributed by atoms with Gasteiger partial charge in [-0.25, -0.2) is 4.79 Å². The highest BCUT2D eigenvalue weighted by molar-refractivity contribution is 9.24. The number of rotatable bonds is 4. The Balaban J connectivity index is 2.30. The van der Waals surface area contributed by atoms with Crippen molar-refractivity contribution in [2.24, 2.45) is 0 Å². The molecule has 0 radical (unpaired) electrons. The van der Waals surface area contributed by atoms with Crippen molar-refractivity contribution in [1.29, 1.82) is 0 Å². The lowest BCUT2D eigenvalue weighted by atomic mass is 10.1. The molecule has 0 bridgehead atoms. The van der Waals surface area contributed by atoms with Crippen molar-refractivity contribution in [3.05, 3.63) is 65.2 Å². The van der Waals surface area contributed by atoms with E-state index < -0.39 is 0 Å². The lowest BCUT2D eigenvalue weighted by Gasteiger charge is -2.13. The van der Waals surface area contributed by atoms with Gasteiger partial charge in [-0.05, 0) is 23.8 Å². The van der Waals surface area contributed by atoms with Gasteiger partial charge in [0.05, 0.1) is 9.30 Å². The fraction of sp³-hybridized carbons (Fsp3) is 0.133. The normalized spacial score (nSPS) is 10.6. The SMILES string of the molecule is O=C(Oc1cccc(C(Br)Br)c1CBr)c1ccccc1. The summed E-state index contributed by atoms with van der Waals surface area (Å²) >= 11 is 10.4. The maximum atomic E-state index is 12.1. The van der Waals surface area contributed by atoms with Crippen LogP contribution in [-0.4, -0.2) is 5.97 Å². The topological polar surface area (TPSA) is 26.3 Å². The minimum absolute atomic E-state index is 0.0120. The molecular formula is C15H11Br3O2. The number of ether oxygens (including phenoxy) is 1. The lowest BCUT2D eigenvalue weighted by molar-refractivity contribution is 0.0733. The van der Waals surface area contributed by atoms with Gasteiger partial charge in [0.25, 0.3) is 0 Å². The fourth-order valence-corrected chi connectivity index (χ4v) is 3.22. The molecular weight excluding hydrogens is 452 g/mol. The lowest BCUT2D eigenvalue weighted by Crippen LogP contribution is -2.10. The molecule has 20 heavy (non-hydrogen) atoms. The average molecular weight is 463 g/mol. The quantitative estimate of drug-likeness (QED) is 0.336. The van der Waals surface area contributed by atoms with E-state index in [2.05, 4.69) is 47.8 Å². The number of benzene rings is 2. The van der Waals surface area contributed by atoms with Crippen LogP contribution in [0.2, 0.25) is 0 Å². The van der Waals surface area contributed by atoms with Crippen LogP contribution in [0.4, 0.5) is 0 Å². The fourth-order valence-electron chi connectivity index (χ4n) is 1.76. The van der Waals surface area contributed by atoms with Crippen LogP contribution in [0.15, 0.2) is 48.5 Å². The molecule has 0 unspecified atom stereocenters. The van der Waals surface area contributed by atoms with Crippen LogP contribution in [0.25, 0.3) is 0 Å². The predicted octanol–water partition coefficient (Wildman–Crippen LogP) is 5.59. The molecule has 2 nitrogen and oxygen atoms in total. The Bertz CT molecular complexity index is 597. The van der Waals surface area contributed by atoms with Crippen LogP contribution >= 0.6 is 47.8 Å². The van der Waals surface area contributed by atoms with Gasteiger partial charge in [0.15, 0.2) is 0 Å². The molecule has 0 aliphatic carbocycles. The third kappa shape index (κ3) is 3.71. The molecule has 0 aromatic heterocycles. The molecule has 2 rings (SSSR count). The number of carbonyl (C=O) groups excluding carboxylic acids is 1. The first kappa shape index (κ1) is 15.7. The first-order chi connectivity index (χ1) is 9.63. The number of hydrogen-bond acceptors (Lipinski definition) is 2. The summed E-state index contributed by atoms with van der Waals surface area (Å²) in [6.45, 7) is 0. The maximum absolute atomic E-state index is 12.1. The minimum Gasteiger partial charge on any atom is -0.423 e. The van der Waals surface area contributed by atoms with E-state index >= 15 is 0 Å². The van der Waals surface area contributed by atoms with Crippen LogP contribution in [0.3, 0.4) is 0 Å². The molecule has 2 aromatic rings. The summed E-state index contributed by atoms with van der Waals surface area (Å²) in [5.41, 5.74) is 2.50. The van der Waals surface area contributed by atoms with E-state index in [9.17, 15) is 4.79 Å². The van der Waals surface area contributed by atoms with Gasteiger partial charge >= 0.3 is 5.97 Å². The van der Waals surface area contributed by atoms with E-state index in [0.717, 1.165) is 11.1 Å². The highest BCUT2D eigenvalue weighted by Crippen LogP contribution is 2.37. The van der Waals surface area contributed by atoms with E-state index in [0.29, 0.717) is 16.6 Å². The second-order valence-corrected chi connectivity index (χ2v) is 7.63. The zero-order valence-corrected chi connectivity index (χ0v) is 15.1. The maximum Gasteiger partial charge on any atom is 0.343 e. The van der Waals surface area contributed by atoms with Gasteiger partial charge in [0.1, 0.15) is 5.75 Å². The highest BCUT2D eigenvalue weighted by atomic mass is 79.9. The van der Waals surface area contributed by atoms with Crippen LogP contribution in [-0.2, 0) is 5.33 Å². The van der Waals surface area contributed by atoms with Crippen molar-refractivity contribution >= 4 is 53.8 Å². The number of alkyl halides is 3. The van der Waals surface area contributed by atoms with E-state index in [1.54, 1.807) is 18.2 Å². The van der Waals surface area contributed by atoms with E-state index in [1.165, 1.54) is 0 Å². The molecule has 0 heterocycles. The number of carbonyl (C=O) groups is 1. The zero-order chi connectivity index (χ0) is 14.5. The molecule has 0 saturated heterocycles. The van der Waals surface area contributed by atoms with Crippen molar-refractivity contribution in [3.63, 3.8) is 0 Å². The molecule has 0 N–H and O–H groups in total. The van der Waals surface area contributed by atoms with Gasteiger partial charge in [0.2, 0.25) is 0 Å². The van der Waals surface area contributed by atoms with Gasteiger partial charge in [-0.15, -0.1) is 0 Å². The van der Waals surface area contributed by atoms with E-state index in [-0.39, 0.29) is 9.71 Å². The number of hydrogen-bond donors (Lipinski definition) is 0. The summed E-state index contributed by atoms with van der Waals surface area (Å²) in [4.78, 5) is 12.1. The standard InChI is InChI=1S/C15H11Br3O2/c16-9-12-11(14(17)18)7-4-8-13(12)20-15(19)10-5-2-1-3-6-10/h1-8,14H,9H2. The largest absolute Gasteiger partial charge is 0.423 e. The second kappa shape index (κ2) is 7.38. The first-order valence-corrected chi connectivity index (χ1v) is 8.82. The molecule has 5 heteroatoms. The van der Waals surface area contributed by atoms with Crippen molar-refractivity contribution in [2.45, 2.75) is 9.07 Å². The molecule has 0 aliphatic rings. The van der Waals surface area contributed by atoms with Crippen LogP contribution < -0.4 is 4.74 Å². The molecule has 0 saturated carbocycles. The van der Waals surface area contributed by atoms with Gasteiger partial charge < -0.3 is 4.74 Å². The van der Waals surface area contributed by atoms with Crippen molar-refractivity contribution < 1.29 is 9.53 Å².